The molecule has 1 N–H and O–H groups in total. The maximum absolute atomic E-state index is 12.3. The number of nitrogens with one attached hydrogen (secondary N) is 1. The monoisotopic (exact) mass is 358 g/mol. The summed E-state index contributed by atoms with van der Waals surface area (Å²) in [5.41, 5.74) is -1.25. The van der Waals surface area contributed by atoms with Crippen LogP contribution in [0.1, 0.15) is 48.0 Å². The standard InChI is InChI=1S/C17H30N2O6/c1-16(2,3)24-14(21)18-9-11-8-12(13(20)23-7)19(10-11)15(22)25-17(4,5)6/h11-12H,8-10H2,1-7H3,(H,18,21)/t11-,12?/m0/s1. The number of hydrogen-bond donors (Lipinski definition) is 1. The SMILES string of the molecule is COC(=O)C1C[C@@H](CNC(=O)OC(C)(C)C)CN1C(=O)OC(C)(C)C. The van der Waals surface area contributed by atoms with Crippen LogP contribution < -0.4 is 5.32 Å². The average Bonchev–Trinajstić information content (AvgIpc) is 2.85. The predicted octanol–water partition coefficient (Wildman–Crippen LogP) is 2.31. The van der Waals surface area contributed by atoms with E-state index in [1.165, 1.54) is 12.0 Å². The maximum Gasteiger partial charge on any atom is 0.411 e. The number of esters is 1. The first-order valence-corrected chi connectivity index (χ1v) is 8.36. The van der Waals surface area contributed by atoms with Gasteiger partial charge in [-0.05, 0) is 53.9 Å². The number of rotatable bonds is 3. The summed E-state index contributed by atoms with van der Waals surface area (Å²) in [4.78, 5) is 37.4. The van der Waals surface area contributed by atoms with Gasteiger partial charge in [0.2, 0.25) is 0 Å². The molecule has 0 radical (unpaired) electrons. The van der Waals surface area contributed by atoms with Crippen LogP contribution >= 0.6 is 0 Å². The fourth-order valence-electron chi connectivity index (χ4n) is 2.49. The molecule has 25 heavy (non-hydrogen) atoms. The van der Waals surface area contributed by atoms with E-state index in [0.29, 0.717) is 19.5 Å². The van der Waals surface area contributed by atoms with Crippen molar-refractivity contribution >= 4 is 18.2 Å². The molecule has 1 aliphatic rings. The minimum absolute atomic E-state index is 0.0934. The highest BCUT2D eigenvalue weighted by Gasteiger charge is 2.42. The van der Waals surface area contributed by atoms with Gasteiger partial charge in [-0.1, -0.05) is 0 Å². The van der Waals surface area contributed by atoms with Crippen molar-refractivity contribution in [1.82, 2.24) is 10.2 Å². The van der Waals surface area contributed by atoms with Crippen molar-refractivity contribution in [2.24, 2.45) is 5.92 Å². The van der Waals surface area contributed by atoms with Crippen molar-refractivity contribution in [1.29, 1.82) is 0 Å². The maximum atomic E-state index is 12.3. The summed E-state index contributed by atoms with van der Waals surface area (Å²) < 4.78 is 15.3. The van der Waals surface area contributed by atoms with Gasteiger partial charge < -0.3 is 19.5 Å². The molecule has 2 atom stereocenters. The molecule has 0 saturated carbocycles. The van der Waals surface area contributed by atoms with Gasteiger partial charge in [-0.2, -0.15) is 0 Å². The highest BCUT2D eigenvalue weighted by molar-refractivity contribution is 5.82. The Morgan fingerprint density at radius 1 is 1.04 bits per heavy atom. The van der Waals surface area contributed by atoms with E-state index in [2.05, 4.69) is 5.32 Å². The molecule has 1 rings (SSSR count). The topological polar surface area (TPSA) is 94.2 Å². The lowest BCUT2D eigenvalue weighted by Gasteiger charge is -2.27. The van der Waals surface area contributed by atoms with E-state index < -0.39 is 35.4 Å². The number of likely N-dealkylation sites (tertiary alicyclic amines) is 1. The van der Waals surface area contributed by atoms with Crippen molar-refractivity contribution in [2.45, 2.75) is 65.2 Å². The molecule has 144 valence electrons. The molecule has 0 aromatic rings. The van der Waals surface area contributed by atoms with Crippen molar-refractivity contribution in [3.8, 4) is 0 Å². The molecule has 0 bridgehead atoms. The summed E-state index contributed by atoms with van der Waals surface area (Å²) >= 11 is 0. The highest BCUT2D eigenvalue weighted by Crippen LogP contribution is 2.26. The van der Waals surface area contributed by atoms with Crippen molar-refractivity contribution in [2.75, 3.05) is 20.2 Å². The summed E-state index contributed by atoms with van der Waals surface area (Å²) in [6.07, 6.45) is -0.706. The van der Waals surface area contributed by atoms with Crippen LogP contribution in [-0.4, -0.2) is 60.5 Å². The third kappa shape index (κ3) is 7.19. The first-order chi connectivity index (χ1) is 11.3. The molecule has 1 saturated heterocycles. The lowest BCUT2D eigenvalue weighted by atomic mass is 10.1. The zero-order valence-electron chi connectivity index (χ0n) is 16.2. The van der Waals surface area contributed by atoms with Gasteiger partial charge in [0.1, 0.15) is 17.2 Å². The Labute approximate surface area is 149 Å². The Morgan fingerprint density at radius 3 is 2.08 bits per heavy atom. The lowest BCUT2D eigenvalue weighted by Crippen LogP contribution is -2.44. The Kier molecular flexibility index (Phi) is 6.68. The number of carbonyl (C=O) groups excluding carboxylic acids is 3. The van der Waals surface area contributed by atoms with Crippen LogP contribution in [0.15, 0.2) is 0 Å². The summed E-state index contributed by atoms with van der Waals surface area (Å²) in [5.74, 6) is -0.588. The average molecular weight is 358 g/mol. The first-order valence-electron chi connectivity index (χ1n) is 8.36. The molecule has 2 amide bonds. The second-order valence-electron chi connectivity index (χ2n) is 8.16. The summed E-state index contributed by atoms with van der Waals surface area (Å²) in [6, 6.07) is -0.717. The highest BCUT2D eigenvalue weighted by atomic mass is 16.6. The van der Waals surface area contributed by atoms with Crippen LogP contribution in [-0.2, 0) is 19.0 Å². The van der Waals surface area contributed by atoms with Crippen LogP contribution in [0.2, 0.25) is 0 Å². The summed E-state index contributed by atoms with van der Waals surface area (Å²) in [6.45, 7) is 11.2. The Hall–Kier alpha value is -1.99. The van der Waals surface area contributed by atoms with Crippen LogP contribution in [0, 0.1) is 5.92 Å². The second-order valence-corrected chi connectivity index (χ2v) is 8.16. The number of methoxy groups -OCH3 is 1. The number of alkyl carbamates (subject to hydrolysis) is 1. The minimum Gasteiger partial charge on any atom is -0.467 e. The molecule has 1 fully saturated rings. The van der Waals surface area contributed by atoms with Gasteiger partial charge in [0.05, 0.1) is 7.11 Å². The molecule has 8 nitrogen and oxygen atoms in total. The fraction of sp³-hybridized carbons (Fsp3) is 0.824. The van der Waals surface area contributed by atoms with Crippen LogP contribution in [0.3, 0.4) is 0 Å². The molecule has 0 aromatic carbocycles. The van der Waals surface area contributed by atoms with Gasteiger partial charge in [0.25, 0.3) is 0 Å². The molecule has 8 heteroatoms. The molecule has 1 unspecified atom stereocenters. The number of ether oxygens (including phenoxy) is 3. The zero-order valence-corrected chi connectivity index (χ0v) is 16.2. The largest absolute Gasteiger partial charge is 0.467 e. The zero-order chi connectivity index (χ0) is 19.4. The number of nitrogens with zero attached hydrogens (tertiary/aromatic N) is 1. The Morgan fingerprint density at radius 2 is 1.60 bits per heavy atom. The number of carbonyl (C=O) groups is 3. The van der Waals surface area contributed by atoms with E-state index in [1.807, 2.05) is 0 Å². The normalized spacial score (nSPS) is 20.8. The summed E-state index contributed by atoms with van der Waals surface area (Å²) in [5, 5.41) is 2.67. The Bertz CT molecular complexity index is 506. The van der Waals surface area contributed by atoms with Crippen LogP contribution in [0.5, 0.6) is 0 Å². The van der Waals surface area contributed by atoms with Gasteiger partial charge >= 0.3 is 18.2 Å². The molecule has 0 aromatic heterocycles. The van der Waals surface area contributed by atoms with Crippen molar-refractivity contribution in [3.05, 3.63) is 0 Å². The van der Waals surface area contributed by atoms with E-state index in [-0.39, 0.29) is 5.92 Å². The summed E-state index contributed by atoms with van der Waals surface area (Å²) in [7, 11) is 1.28. The third-order valence-electron chi connectivity index (χ3n) is 3.42. The van der Waals surface area contributed by atoms with Gasteiger partial charge in [-0.15, -0.1) is 0 Å². The van der Waals surface area contributed by atoms with Gasteiger partial charge in [0, 0.05) is 13.1 Å². The molecular weight excluding hydrogens is 328 g/mol. The Balaban J connectivity index is 2.69. The minimum atomic E-state index is -0.717. The second kappa shape index (κ2) is 7.93. The van der Waals surface area contributed by atoms with Crippen LogP contribution in [0.25, 0.3) is 0 Å². The first kappa shape index (κ1) is 21.1. The van der Waals surface area contributed by atoms with Crippen LogP contribution in [0.4, 0.5) is 9.59 Å². The fourth-order valence-corrected chi connectivity index (χ4v) is 2.49. The van der Waals surface area contributed by atoms with Gasteiger partial charge in [-0.3, -0.25) is 4.90 Å². The number of hydrogen-bond acceptors (Lipinski definition) is 6. The lowest BCUT2D eigenvalue weighted by molar-refractivity contribution is -0.145. The van der Waals surface area contributed by atoms with E-state index in [9.17, 15) is 14.4 Å². The van der Waals surface area contributed by atoms with E-state index in [0.717, 1.165) is 0 Å². The van der Waals surface area contributed by atoms with E-state index >= 15 is 0 Å². The van der Waals surface area contributed by atoms with Crippen molar-refractivity contribution in [3.63, 3.8) is 0 Å². The quantitative estimate of drug-likeness (QED) is 0.614. The van der Waals surface area contributed by atoms with Crippen molar-refractivity contribution < 1.29 is 28.6 Å². The molecule has 1 heterocycles. The van der Waals surface area contributed by atoms with E-state index in [4.69, 9.17) is 14.2 Å². The molecular formula is C17H30N2O6. The third-order valence-corrected chi connectivity index (χ3v) is 3.42. The smallest absolute Gasteiger partial charge is 0.411 e. The van der Waals surface area contributed by atoms with Gasteiger partial charge in [-0.25, -0.2) is 14.4 Å². The number of amides is 2. The van der Waals surface area contributed by atoms with E-state index in [1.54, 1.807) is 41.5 Å². The predicted molar refractivity (Wildman–Crippen MR) is 91.1 cm³/mol. The molecule has 0 spiro atoms. The molecule has 0 aliphatic carbocycles. The van der Waals surface area contributed by atoms with Gasteiger partial charge in [0.15, 0.2) is 0 Å². The molecule has 1 aliphatic heterocycles.